The fourth-order valence-electron chi connectivity index (χ4n) is 2.71. The molecule has 0 amide bonds. The van der Waals surface area contributed by atoms with E-state index in [4.69, 9.17) is 9.15 Å². The van der Waals surface area contributed by atoms with Gasteiger partial charge in [0.1, 0.15) is 12.4 Å². The molecule has 0 saturated heterocycles. The van der Waals surface area contributed by atoms with Gasteiger partial charge in [0.2, 0.25) is 5.89 Å². The molecule has 0 spiro atoms. The van der Waals surface area contributed by atoms with Crippen LogP contribution in [0.3, 0.4) is 0 Å². The number of hydrogen-bond acceptors (Lipinski definition) is 5. The molecule has 0 radical (unpaired) electrons. The van der Waals surface area contributed by atoms with Crippen LogP contribution in [0.15, 0.2) is 81.8 Å². The van der Waals surface area contributed by atoms with E-state index < -0.39 is 0 Å². The van der Waals surface area contributed by atoms with Gasteiger partial charge in [-0.3, -0.25) is 0 Å². The topological polar surface area (TPSA) is 75.7 Å². The molecule has 0 aliphatic heterocycles. The summed E-state index contributed by atoms with van der Waals surface area (Å²) in [6.45, 7) is 0.506. The summed E-state index contributed by atoms with van der Waals surface area (Å²) in [5.74, 6) is 1.23. The molecule has 0 fully saturated rings. The Balaban J connectivity index is 1.49. The Labute approximate surface area is 170 Å². The van der Waals surface area contributed by atoms with Gasteiger partial charge in [-0.1, -0.05) is 30.3 Å². The number of oxazole rings is 1. The highest BCUT2D eigenvalue weighted by atomic mass is 79.9. The molecular formula is C22H16BrNO4. The molecule has 4 aromatic rings. The van der Waals surface area contributed by atoms with E-state index >= 15 is 0 Å². The van der Waals surface area contributed by atoms with Crippen LogP contribution in [0.2, 0.25) is 0 Å². The van der Waals surface area contributed by atoms with Crippen molar-refractivity contribution in [2.24, 2.45) is 0 Å². The molecule has 0 bridgehead atoms. The van der Waals surface area contributed by atoms with E-state index in [0.29, 0.717) is 28.3 Å². The molecule has 0 aliphatic rings. The van der Waals surface area contributed by atoms with Crippen molar-refractivity contribution in [3.8, 4) is 40.0 Å². The maximum absolute atomic E-state index is 9.77. The molecule has 5 nitrogen and oxygen atoms in total. The molecule has 140 valence electrons. The molecule has 6 heteroatoms. The van der Waals surface area contributed by atoms with Gasteiger partial charge in [-0.2, -0.15) is 0 Å². The van der Waals surface area contributed by atoms with E-state index in [1.165, 1.54) is 6.07 Å². The third kappa shape index (κ3) is 3.87. The number of nitrogens with zero attached hydrogens (tertiary/aromatic N) is 1. The normalized spacial score (nSPS) is 10.8. The van der Waals surface area contributed by atoms with E-state index in [1.807, 2.05) is 54.6 Å². The molecule has 1 heterocycles. The predicted octanol–water partition coefficient (Wildman–Crippen LogP) is 5.76. The van der Waals surface area contributed by atoms with E-state index in [1.54, 1.807) is 12.3 Å². The zero-order valence-corrected chi connectivity index (χ0v) is 16.3. The van der Waals surface area contributed by atoms with Gasteiger partial charge in [-0.15, -0.1) is 0 Å². The van der Waals surface area contributed by atoms with Crippen LogP contribution in [0.5, 0.6) is 17.2 Å². The quantitative estimate of drug-likeness (QED) is 0.388. The van der Waals surface area contributed by atoms with Crippen LogP contribution in [0.1, 0.15) is 5.56 Å². The lowest BCUT2D eigenvalue weighted by atomic mass is 10.2. The molecule has 4 rings (SSSR count). The fourth-order valence-corrected chi connectivity index (χ4v) is 3.16. The standard InChI is InChI=1S/C22H16BrNO4/c23-18-10-16(11-19(25)21(18)26)22-24-12-20(28-22)15-6-8-17(9-7-15)27-13-14-4-2-1-3-5-14/h1-12,25-26H,13H2. The van der Waals surface area contributed by atoms with Crippen molar-refractivity contribution in [3.05, 3.63) is 83.0 Å². The van der Waals surface area contributed by atoms with Crippen molar-refractivity contribution in [3.63, 3.8) is 0 Å². The van der Waals surface area contributed by atoms with Crippen LogP contribution in [-0.4, -0.2) is 15.2 Å². The lowest BCUT2D eigenvalue weighted by Gasteiger charge is -2.06. The van der Waals surface area contributed by atoms with E-state index in [0.717, 1.165) is 16.9 Å². The molecule has 28 heavy (non-hydrogen) atoms. The largest absolute Gasteiger partial charge is 0.504 e. The SMILES string of the molecule is Oc1cc(-c2ncc(-c3ccc(OCc4ccccc4)cc3)o2)cc(Br)c1O. The van der Waals surface area contributed by atoms with Crippen LogP contribution < -0.4 is 4.74 Å². The zero-order chi connectivity index (χ0) is 19.5. The van der Waals surface area contributed by atoms with Crippen LogP contribution in [0.25, 0.3) is 22.8 Å². The second kappa shape index (κ2) is 7.78. The average molecular weight is 438 g/mol. The molecule has 0 saturated carbocycles. The summed E-state index contributed by atoms with van der Waals surface area (Å²) < 4.78 is 12.0. The Morgan fingerprint density at radius 3 is 2.39 bits per heavy atom. The minimum atomic E-state index is -0.246. The smallest absolute Gasteiger partial charge is 0.226 e. The highest BCUT2D eigenvalue weighted by molar-refractivity contribution is 9.10. The molecular weight excluding hydrogens is 422 g/mol. The first-order chi connectivity index (χ1) is 13.6. The number of hydrogen-bond donors (Lipinski definition) is 2. The number of rotatable bonds is 5. The lowest BCUT2D eigenvalue weighted by molar-refractivity contribution is 0.306. The van der Waals surface area contributed by atoms with Crippen LogP contribution in [0, 0.1) is 0 Å². The maximum Gasteiger partial charge on any atom is 0.226 e. The minimum Gasteiger partial charge on any atom is -0.504 e. The average Bonchev–Trinajstić information content (AvgIpc) is 3.21. The third-order valence-corrected chi connectivity index (χ3v) is 4.79. The Hall–Kier alpha value is -3.25. The highest BCUT2D eigenvalue weighted by Crippen LogP contribution is 2.38. The van der Waals surface area contributed by atoms with E-state index in [2.05, 4.69) is 20.9 Å². The first-order valence-corrected chi connectivity index (χ1v) is 9.34. The molecule has 0 atom stereocenters. The van der Waals surface area contributed by atoms with Gasteiger partial charge in [-0.25, -0.2) is 4.98 Å². The van der Waals surface area contributed by atoms with Crippen LogP contribution in [0.4, 0.5) is 0 Å². The van der Waals surface area contributed by atoms with Gasteiger partial charge >= 0.3 is 0 Å². The first-order valence-electron chi connectivity index (χ1n) is 8.55. The van der Waals surface area contributed by atoms with Gasteiger partial charge in [0.05, 0.1) is 10.7 Å². The Bertz CT molecular complexity index is 1070. The summed E-state index contributed by atoms with van der Waals surface area (Å²) >= 11 is 3.19. The number of aromatic nitrogens is 1. The minimum absolute atomic E-state index is 0.221. The molecule has 3 aromatic carbocycles. The number of ether oxygens (including phenoxy) is 1. The second-order valence-electron chi connectivity index (χ2n) is 6.15. The van der Waals surface area contributed by atoms with Crippen molar-refractivity contribution < 1.29 is 19.4 Å². The molecule has 0 aliphatic carbocycles. The zero-order valence-electron chi connectivity index (χ0n) is 14.7. The number of phenolic OH excluding ortho intramolecular Hbond substituents is 2. The Kier molecular flexibility index (Phi) is 5.04. The van der Waals surface area contributed by atoms with Crippen molar-refractivity contribution >= 4 is 15.9 Å². The molecule has 0 unspecified atom stereocenters. The van der Waals surface area contributed by atoms with Gasteiger partial charge in [0, 0.05) is 11.1 Å². The van der Waals surface area contributed by atoms with Crippen molar-refractivity contribution in [2.75, 3.05) is 0 Å². The summed E-state index contributed by atoms with van der Waals surface area (Å²) in [6.07, 6.45) is 1.62. The third-order valence-electron chi connectivity index (χ3n) is 4.18. The second-order valence-corrected chi connectivity index (χ2v) is 7.01. The van der Waals surface area contributed by atoms with E-state index in [-0.39, 0.29) is 11.5 Å². The highest BCUT2D eigenvalue weighted by Gasteiger charge is 2.13. The van der Waals surface area contributed by atoms with Gasteiger partial charge in [0.25, 0.3) is 0 Å². The summed E-state index contributed by atoms with van der Waals surface area (Å²) in [7, 11) is 0. The van der Waals surface area contributed by atoms with Gasteiger partial charge in [-0.05, 0) is 57.9 Å². The first kappa shape index (κ1) is 18.1. The van der Waals surface area contributed by atoms with Crippen molar-refractivity contribution in [1.82, 2.24) is 4.98 Å². The monoisotopic (exact) mass is 437 g/mol. The van der Waals surface area contributed by atoms with Crippen LogP contribution >= 0.6 is 15.9 Å². The van der Waals surface area contributed by atoms with Gasteiger partial charge in [0.15, 0.2) is 17.3 Å². The Morgan fingerprint density at radius 1 is 0.929 bits per heavy atom. The fraction of sp³-hybridized carbons (Fsp3) is 0.0455. The molecule has 1 aromatic heterocycles. The number of aromatic hydroxyl groups is 2. The summed E-state index contributed by atoms with van der Waals surface area (Å²) in [5.41, 5.74) is 2.51. The predicted molar refractivity (Wildman–Crippen MR) is 109 cm³/mol. The number of benzene rings is 3. The Morgan fingerprint density at radius 2 is 1.68 bits per heavy atom. The van der Waals surface area contributed by atoms with Crippen molar-refractivity contribution in [2.45, 2.75) is 6.61 Å². The summed E-state index contributed by atoms with van der Waals surface area (Å²) in [6, 6.07) is 20.6. The van der Waals surface area contributed by atoms with Gasteiger partial charge < -0.3 is 19.4 Å². The number of phenols is 2. The van der Waals surface area contributed by atoms with Crippen molar-refractivity contribution in [1.29, 1.82) is 0 Å². The van der Waals surface area contributed by atoms with E-state index in [9.17, 15) is 10.2 Å². The maximum atomic E-state index is 9.77. The number of halogens is 1. The molecule has 2 N–H and O–H groups in total. The lowest BCUT2D eigenvalue weighted by Crippen LogP contribution is -1.94. The van der Waals surface area contributed by atoms with Crippen LogP contribution in [-0.2, 0) is 6.61 Å². The summed E-state index contributed by atoms with van der Waals surface area (Å²) in [5, 5.41) is 19.4. The summed E-state index contributed by atoms with van der Waals surface area (Å²) in [4.78, 5) is 4.26.